The molecule has 0 aliphatic rings. The van der Waals surface area contributed by atoms with Crippen molar-refractivity contribution in [2.24, 2.45) is 5.10 Å². The molecular formula is C15H13FN2O2. The van der Waals surface area contributed by atoms with Gasteiger partial charge in [0.2, 0.25) is 0 Å². The number of rotatable bonds is 3. The minimum Gasteiger partial charge on any atom is -0.507 e. The lowest BCUT2D eigenvalue weighted by molar-refractivity contribution is 0.0951. The summed E-state index contributed by atoms with van der Waals surface area (Å²) >= 11 is 0. The Hall–Kier alpha value is -2.69. The summed E-state index contributed by atoms with van der Waals surface area (Å²) in [7, 11) is 0. The number of carbonyl (C=O) groups is 1. The molecule has 102 valence electrons. The first-order valence-corrected chi connectivity index (χ1v) is 5.95. The molecule has 0 unspecified atom stereocenters. The van der Waals surface area contributed by atoms with E-state index in [-0.39, 0.29) is 11.3 Å². The molecule has 0 saturated heterocycles. The molecule has 0 fully saturated rings. The van der Waals surface area contributed by atoms with Gasteiger partial charge >= 0.3 is 0 Å². The average molecular weight is 272 g/mol. The predicted octanol–water partition coefficient (Wildman–Crippen LogP) is 2.60. The number of halogens is 1. The maximum atomic E-state index is 13.4. The van der Waals surface area contributed by atoms with Crippen LogP contribution in [0.15, 0.2) is 47.6 Å². The second-order valence-corrected chi connectivity index (χ2v) is 4.24. The number of benzene rings is 2. The van der Waals surface area contributed by atoms with Gasteiger partial charge in [0.15, 0.2) is 0 Å². The number of nitrogens with zero attached hydrogens (tertiary/aromatic N) is 1. The van der Waals surface area contributed by atoms with E-state index in [4.69, 9.17) is 0 Å². The van der Waals surface area contributed by atoms with Gasteiger partial charge in [-0.15, -0.1) is 0 Å². The van der Waals surface area contributed by atoms with E-state index in [0.717, 1.165) is 5.56 Å². The van der Waals surface area contributed by atoms with Crippen LogP contribution in [-0.2, 0) is 0 Å². The molecule has 0 bridgehead atoms. The summed E-state index contributed by atoms with van der Waals surface area (Å²) in [5, 5.41) is 13.3. The van der Waals surface area contributed by atoms with Gasteiger partial charge in [-0.3, -0.25) is 4.79 Å². The summed E-state index contributed by atoms with van der Waals surface area (Å²) in [6, 6.07) is 10.6. The summed E-state index contributed by atoms with van der Waals surface area (Å²) < 4.78 is 13.4. The number of aromatic hydroxyl groups is 1. The Morgan fingerprint density at radius 1 is 1.30 bits per heavy atom. The molecule has 0 radical (unpaired) electrons. The maximum Gasteiger partial charge on any atom is 0.274 e. The SMILES string of the molecule is Cc1ccc(O)c(C=NNC(=O)c2ccccc2F)c1. The molecule has 2 rings (SSSR count). The highest BCUT2D eigenvalue weighted by molar-refractivity contribution is 5.95. The Morgan fingerprint density at radius 2 is 2.05 bits per heavy atom. The van der Waals surface area contributed by atoms with Crippen LogP contribution in [0.25, 0.3) is 0 Å². The van der Waals surface area contributed by atoms with E-state index < -0.39 is 11.7 Å². The number of phenolic OH excluding ortho intramolecular Hbond substituents is 1. The van der Waals surface area contributed by atoms with Crippen LogP contribution in [0.2, 0.25) is 0 Å². The number of aryl methyl sites for hydroxylation is 1. The fourth-order valence-corrected chi connectivity index (χ4v) is 1.64. The van der Waals surface area contributed by atoms with E-state index in [1.165, 1.54) is 30.5 Å². The Morgan fingerprint density at radius 3 is 2.80 bits per heavy atom. The second kappa shape index (κ2) is 5.97. The number of carbonyl (C=O) groups excluding carboxylic acids is 1. The van der Waals surface area contributed by atoms with E-state index in [2.05, 4.69) is 10.5 Å². The zero-order chi connectivity index (χ0) is 14.5. The lowest BCUT2D eigenvalue weighted by Gasteiger charge is -2.02. The summed E-state index contributed by atoms with van der Waals surface area (Å²) in [4.78, 5) is 11.7. The first-order valence-electron chi connectivity index (χ1n) is 5.95. The van der Waals surface area contributed by atoms with E-state index in [1.807, 2.05) is 6.92 Å². The first kappa shape index (κ1) is 13.7. The zero-order valence-corrected chi connectivity index (χ0v) is 10.8. The molecule has 4 nitrogen and oxygen atoms in total. The quantitative estimate of drug-likeness (QED) is 0.666. The molecule has 2 aromatic carbocycles. The van der Waals surface area contributed by atoms with Crippen molar-refractivity contribution < 1.29 is 14.3 Å². The van der Waals surface area contributed by atoms with E-state index in [0.29, 0.717) is 5.56 Å². The van der Waals surface area contributed by atoms with Crippen molar-refractivity contribution in [2.75, 3.05) is 0 Å². The molecular weight excluding hydrogens is 259 g/mol. The van der Waals surface area contributed by atoms with Crippen molar-refractivity contribution in [2.45, 2.75) is 6.92 Å². The van der Waals surface area contributed by atoms with Crippen LogP contribution >= 0.6 is 0 Å². The van der Waals surface area contributed by atoms with Crippen LogP contribution in [0, 0.1) is 12.7 Å². The minimum absolute atomic E-state index is 0.0551. The molecule has 2 N–H and O–H groups in total. The summed E-state index contributed by atoms with van der Waals surface area (Å²) in [5.41, 5.74) is 3.55. The van der Waals surface area contributed by atoms with Crippen molar-refractivity contribution in [3.8, 4) is 5.75 Å². The molecule has 2 aromatic rings. The Balaban J connectivity index is 2.09. The number of phenols is 1. The van der Waals surface area contributed by atoms with Gasteiger partial charge in [0, 0.05) is 5.56 Å². The lowest BCUT2D eigenvalue weighted by Crippen LogP contribution is -2.18. The highest BCUT2D eigenvalue weighted by Gasteiger charge is 2.09. The van der Waals surface area contributed by atoms with Crippen LogP contribution in [0.1, 0.15) is 21.5 Å². The number of nitrogens with one attached hydrogen (secondary N) is 1. The van der Waals surface area contributed by atoms with Gasteiger partial charge in [0.25, 0.3) is 5.91 Å². The van der Waals surface area contributed by atoms with Crippen molar-refractivity contribution in [1.29, 1.82) is 0 Å². The molecule has 0 saturated carbocycles. The fraction of sp³-hybridized carbons (Fsp3) is 0.0667. The maximum absolute atomic E-state index is 13.4. The molecule has 0 atom stereocenters. The molecule has 20 heavy (non-hydrogen) atoms. The third kappa shape index (κ3) is 3.20. The normalized spacial score (nSPS) is 10.7. The van der Waals surface area contributed by atoms with Gasteiger partial charge in [0.1, 0.15) is 11.6 Å². The van der Waals surface area contributed by atoms with Gasteiger partial charge in [0.05, 0.1) is 11.8 Å². The number of hydrogen-bond donors (Lipinski definition) is 2. The monoisotopic (exact) mass is 272 g/mol. The van der Waals surface area contributed by atoms with Crippen molar-refractivity contribution in [3.05, 3.63) is 65.0 Å². The summed E-state index contributed by atoms with van der Waals surface area (Å²) in [6.07, 6.45) is 1.31. The van der Waals surface area contributed by atoms with Gasteiger partial charge in [-0.1, -0.05) is 23.8 Å². The molecule has 0 aliphatic carbocycles. The summed E-state index contributed by atoms with van der Waals surface area (Å²) in [5.74, 6) is -1.20. The van der Waals surface area contributed by atoms with Gasteiger partial charge in [-0.2, -0.15) is 5.10 Å². The largest absolute Gasteiger partial charge is 0.507 e. The number of hydrogen-bond acceptors (Lipinski definition) is 3. The molecule has 0 aromatic heterocycles. The van der Waals surface area contributed by atoms with E-state index >= 15 is 0 Å². The Labute approximate surface area is 115 Å². The number of amides is 1. The van der Waals surface area contributed by atoms with Crippen molar-refractivity contribution in [3.63, 3.8) is 0 Å². The lowest BCUT2D eigenvalue weighted by atomic mass is 10.1. The van der Waals surface area contributed by atoms with Crippen LogP contribution in [0.3, 0.4) is 0 Å². The van der Waals surface area contributed by atoms with Crippen molar-refractivity contribution >= 4 is 12.1 Å². The van der Waals surface area contributed by atoms with Gasteiger partial charge in [-0.05, 0) is 31.2 Å². The van der Waals surface area contributed by atoms with Crippen LogP contribution < -0.4 is 5.43 Å². The fourth-order valence-electron chi connectivity index (χ4n) is 1.64. The predicted molar refractivity (Wildman–Crippen MR) is 74.3 cm³/mol. The second-order valence-electron chi connectivity index (χ2n) is 4.24. The van der Waals surface area contributed by atoms with Crippen LogP contribution in [0.4, 0.5) is 4.39 Å². The zero-order valence-electron chi connectivity index (χ0n) is 10.8. The van der Waals surface area contributed by atoms with Crippen molar-refractivity contribution in [1.82, 2.24) is 5.43 Å². The van der Waals surface area contributed by atoms with E-state index in [1.54, 1.807) is 18.2 Å². The molecule has 1 amide bonds. The van der Waals surface area contributed by atoms with Gasteiger partial charge in [-0.25, -0.2) is 9.82 Å². The van der Waals surface area contributed by atoms with E-state index in [9.17, 15) is 14.3 Å². The first-order chi connectivity index (χ1) is 9.58. The molecule has 0 aliphatic heterocycles. The van der Waals surface area contributed by atoms with Crippen LogP contribution in [0.5, 0.6) is 5.75 Å². The third-order valence-corrected chi connectivity index (χ3v) is 2.67. The summed E-state index contributed by atoms with van der Waals surface area (Å²) in [6.45, 7) is 1.87. The smallest absolute Gasteiger partial charge is 0.274 e. The molecule has 0 heterocycles. The Kier molecular flexibility index (Phi) is 4.10. The molecule has 0 spiro atoms. The number of hydrazone groups is 1. The van der Waals surface area contributed by atoms with Gasteiger partial charge < -0.3 is 5.11 Å². The highest BCUT2D eigenvalue weighted by Crippen LogP contribution is 2.15. The molecule has 5 heteroatoms. The topological polar surface area (TPSA) is 61.7 Å². The Bertz CT molecular complexity index is 669. The minimum atomic E-state index is -0.647. The highest BCUT2D eigenvalue weighted by atomic mass is 19.1. The van der Waals surface area contributed by atoms with Crippen LogP contribution in [-0.4, -0.2) is 17.2 Å². The standard InChI is InChI=1S/C15H13FN2O2/c1-10-6-7-14(19)11(8-10)9-17-18-15(20)12-4-2-3-5-13(12)16/h2-9,19H,1H3,(H,18,20). The third-order valence-electron chi connectivity index (χ3n) is 2.67. The average Bonchev–Trinajstić information content (AvgIpc) is 2.43.